The van der Waals surface area contributed by atoms with Gasteiger partial charge in [0.05, 0.1) is 12.2 Å². The zero-order chi connectivity index (χ0) is 20.2. The standard InChI is InChI=1S/C21H21F2N5O/c22-16-5-3-6-17(23)20(16)26-21(29)25-12-13-28-18-7-2-1-4-15(18)19(27-28)14-8-10-24-11-9-14/h3,5-6,8-11H,1-2,4,7,12-13H2,(H2,25,26,29). The smallest absolute Gasteiger partial charge is 0.319 e. The Balaban J connectivity index is 1.44. The van der Waals surface area contributed by atoms with Crippen LogP contribution < -0.4 is 10.6 Å². The second kappa shape index (κ2) is 8.38. The van der Waals surface area contributed by atoms with Gasteiger partial charge < -0.3 is 10.6 Å². The number of pyridine rings is 1. The van der Waals surface area contributed by atoms with Crippen LogP contribution in [0.3, 0.4) is 0 Å². The van der Waals surface area contributed by atoms with Crippen LogP contribution in [0.15, 0.2) is 42.7 Å². The van der Waals surface area contributed by atoms with Crippen molar-refractivity contribution in [1.29, 1.82) is 0 Å². The molecule has 1 aromatic carbocycles. The van der Waals surface area contributed by atoms with Crippen molar-refractivity contribution in [2.24, 2.45) is 0 Å². The van der Waals surface area contributed by atoms with Crippen molar-refractivity contribution in [3.8, 4) is 11.3 Å². The highest BCUT2D eigenvalue weighted by Crippen LogP contribution is 2.30. The van der Waals surface area contributed by atoms with E-state index in [0.29, 0.717) is 6.54 Å². The van der Waals surface area contributed by atoms with Gasteiger partial charge in [-0.1, -0.05) is 6.07 Å². The molecule has 2 amide bonds. The van der Waals surface area contributed by atoms with E-state index in [0.717, 1.165) is 49.1 Å². The number of para-hydroxylation sites is 1. The van der Waals surface area contributed by atoms with Gasteiger partial charge in [-0.05, 0) is 49.9 Å². The van der Waals surface area contributed by atoms with Crippen LogP contribution in [-0.2, 0) is 19.4 Å². The first-order valence-electron chi connectivity index (χ1n) is 9.61. The molecule has 1 aliphatic carbocycles. The molecule has 4 rings (SSSR count). The third-order valence-electron chi connectivity index (χ3n) is 5.02. The Bertz CT molecular complexity index is 999. The molecule has 0 unspecified atom stereocenters. The lowest BCUT2D eigenvalue weighted by molar-refractivity contribution is 0.251. The lowest BCUT2D eigenvalue weighted by Gasteiger charge is -2.15. The first-order valence-corrected chi connectivity index (χ1v) is 9.61. The van der Waals surface area contributed by atoms with Gasteiger partial charge in [-0.2, -0.15) is 5.10 Å². The molecule has 2 aromatic heterocycles. The molecule has 0 bridgehead atoms. The van der Waals surface area contributed by atoms with Crippen LogP contribution in [0.1, 0.15) is 24.1 Å². The lowest BCUT2D eigenvalue weighted by atomic mass is 9.94. The summed E-state index contributed by atoms with van der Waals surface area (Å²) in [6.45, 7) is 0.756. The fourth-order valence-corrected chi connectivity index (χ4v) is 3.65. The van der Waals surface area contributed by atoms with Gasteiger partial charge in [0.15, 0.2) is 0 Å². The summed E-state index contributed by atoms with van der Waals surface area (Å²) in [7, 11) is 0. The van der Waals surface area contributed by atoms with Crippen LogP contribution in [0, 0.1) is 11.6 Å². The van der Waals surface area contributed by atoms with E-state index in [1.807, 2.05) is 16.8 Å². The van der Waals surface area contributed by atoms with E-state index in [1.165, 1.54) is 17.3 Å². The van der Waals surface area contributed by atoms with E-state index in [4.69, 9.17) is 5.10 Å². The minimum Gasteiger partial charge on any atom is -0.336 e. The number of nitrogens with one attached hydrogen (secondary N) is 2. The molecule has 8 heteroatoms. The molecule has 6 nitrogen and oxygen atoms in total. The van der Waals surface area contributed by atoms with Crippen molar-refractivity contribution in [2.75, 3.05) is 11.9 Å². The van der Waals surface area contributed by atoms with E-state index >= 15 is 0 Å². The predicted octanol–water partition coefficient (Wildman–Crippen LogP) is 3.92. The lowest BCUT2D eigenvalue weighted by Crippen LogP contribution is -2.32. The van der Waals surface area contributed by atoms with Gasteiger partial charge in [-0.15, -0.1) is 0 Å². The summed E-state index contributed by atoms with van der Waals surface area (Å²) < 4.78 is 29.2. The summed E-state index contributed by atoms with van der Waals surface area (Å²) in [4.78, 5) is 16.1. The maximum atomic E-state index is 13.6. The van der Waals surface area contributed by atoms with Gasteiger partial charge >= 0.3 is 6.03 Å². The van der Waals surface area contributed by atoms with Gasteiger partial charge in [-0.25, -0.2) is 13.6 Å². The average Bonchev–Trinajstić information content (AvgIpc) is 3.10. The number of aromatic nitrogens is 3. The number of benzene rings is 1. The maximum Gasteiger partial charge on any atom is 0.319 e. The SMILES string of the molecule is O=C(NCCn1nc(-c2ccncc2)c2c1CCCC2)Nc1c(F)cccc1F. The van der Waals surface area contributed by atoms with E-state index in [-0.39, 0.29) is 6.54 Å². The molecule has 0 saturated heterocycles. The average molecular weight is 397 g/mol. The number of nitrogens with zero attached hydrogens (tertiary/aromatic N) is 3. The van der Waals surface area contributed by atoms with E-state index < -0.39 is 23.4 Å². The molecule has 2 heterocycles. The van der Waals surface area contributed by atoms with Crippen molar-refractivity contribution in [3.05, 3.63) is 65.6 Å². The number of anilines is 1. The summed E-state index contributed by atoms with van der Waals surface area (Å²) in [5.74, 6) is -1.63. The Morgan fingerprint density at radius 1 is 1.07 bits per heavy atom. The van der Waals surface area contributed by atoms with E-state index in [9.17, 15) is 13.6 Å². The maximum absolute atomic E-state index is 13.6. The van der Waals surface area contributed by atoms with Crippen LogP contribution in [-0.4, -0.2) is 27.3 Å². The summed E-state index contributed by atoms with van der Waals surface area (Å²) >= 11 is 0. The quantitative estimate of drug-likeness (QED) is 0.685. The highest BCUT2D eigenvalue weighted by atomic mass is 19.1. The third kappa shape index (κ3) is 4.11. The fourth-order valence-electron chi connectivity index (χ4n) is 3.65. The zero-order valence-electron chi connectivity index (χ0n) is 15.8. The molecule has 2 N–H and O–H groups in total. The van der Waals surface area contributed by atoms with Gasteiger partial charge in [0.2, 0.25) is 0 Å². The normalized spacial score (nSPS) is 13.0. The topological polar surface area (TPSA) is 71.8 Å². The summed E-state index contributed by atoms with van der Waals surface area (Å²) in [5, 5.41) is 9.63. The minimum absolute atomic E-state index is 0.284. The highest BCUT2D eigenvalue weighted by molar-refractivity contribution is 5.89. The Morgan fingerprint density at radius 3 is 2.55 bits per heavy atom. The van der Waals surface area contributed by atoms with E-state index in [2.05, 4.69) is 15.6 Å². The minimum atomic E-state index is -0.816. The Labute approximate surface area is 167 Å². The first-order chi connectivity index (χ1) is 14.1. The molecule has 150 valence electrons. The van der Waals surface area contributed by atoms with Gasteiger partial charge in [0, 0.05) is 35.8 Å². The predicted molar refractivity (Wildman–Crippen MR) is 105 cm³/mol. The summed E-state index contributed by atoms with van der Waals surface area (Å²) in [6, 6.07) is 6.65. The van der Waals surface area contributed by atoms with Crippen molar-refractivity contribution < 1.29 is 13.6 Å². The Morgan fingerprint density at radius 2 is 1.79 bits per heavy atom. The zero-order valence-corrected chi connectivity index (χ0v) is 15.8. The number of amides is 2. The van der Waals surface area contributed by atoms with Gasteiger partial charge in [0.1, 0.15) is 17.3 Å². The molecule has 29 heavy (non-hydrogen) atoms. The van der Waals surface area contributed by atoms with E-state index in [1.54, 1.807) is 12.4 Å². The number of hydrogen-bond donors (Lipinski definition) is 2. The number of urea groups is 1. The fraction of sp³-hybridized carbons (Fsp3) is 0.286. The van der Waals surface area contributed by atoms with Gasteiger partial charge in [0.25, 0.3) is 0 Å². The molecular weight excluding hydrogens is 376 g/mol. The number of carbonyl (C=O) groups is 1. The molecule has 0 aliphatic heterocycles. The largest absolute Gasteiger partial charge is 0.336 e. The summed E-state index contributed by atoms with van der Waals surface area (Å²) in [6.07, 6.45) is 7.66. The molecular formula is C21H21F2N5O. The van der Waals surface area contributed by atoms with Crippen LogP contribution in [0.25, 0.3) is 11.3 Å². The number of fused-ring (bicyclic) bond motifs is 1. The van der Waals surface area contributed by atoms with Crippen molar-refractivity contribution in [3.63, 3.8) is 0 Å². The van der Waals surface area contributed by atoms with Crippen molar-refractivity contribution in [2.45, 2.75) is 32.2 Å². The van der Waals surface area contributed by atoms with Crippen LogP contribution >= 0.6 is 0 Å². The monoisotopic (exact) mass is 397 g/mol. The molecule has 0 radical (unpaired) electrons. The summed E-state index contributed by atoms with van der Waals surface area (Å²) in [5.41, 5.74) is 3.96. The number of carbonyl (C=O) groups excluding carboxylic acids is 1. The van der Waals surface area contributed by atoms with Crippen LogP contribution in [0.2, 0.25) is 0 Å². The second-order valence-electron chi connectivity index (χ2n) is 6.92. The molecule has 3 aromatic rings. The molecule has 0 spiro atoms. The van der Waals surface area contributed by atoms with Crippen LogP contribution in [0.4, 0.5) is 19.3 Å². The highest BCUT2D eigenvalue weighted by Gasteiger charge is 2.21. The third-order valence-corrected chi connectivity index (χ3v) is 5.02. The molecule has 0 atom stereocenters. The van der Waals surface area contributed by atoms with Gasteiger partial charge in [-0.3, -0.25) is 9.67 Å². The number of hydrogen-bond acceptors (Lipinski definition) is 3. The molecule has 1 aliphatic rings. The number of rotatable bonds is 5. The van der Waals surface area contributed by atoms with Crippen molar-refractivity contribution in [1.82, 2.24) is 20.1 Å². The molecule has 0 saturated carbocycles. The Kier molecular flexibility index (Phi) is 5.50. The molecule has 0 fully saturated rings. The second-order valence-corrected chi connectivity index (χ2v) is 6.92. The first kappa shape index (κ1) is 19.0. The van der Waals surface area contributed by atoms with Crippen LogP contribution in [0.5, 0.6) is 0 Å². The number of halogens is 2. The Hall–Kier alpha value is -3.29. The van der Waals surface area contributed by atoms with Crippen molar-refractivity contribution >= 4 is 11.7 Å².